The Morgan fingerprint density at radius 3 is 3.25 bits per heavy atom. The van der Waals surface area contributed by atoms with Crippen LogP contribution < -0.4 is 5.32 Å². The zero-order valence-electron chi connectivity index (χ0n) is 6.34. The number of alkyl halides is 1. The van der Waals surface area contributed by atoms with Crippen LogP contribution in [-0.4, -0.2) is 16.8 Å². The molecule has 0 unspecified atom stereocenters. The Morgan fingerprint density at radius 2 is 2.42 bits per heavy atom. The molecule has 1 heterocycles. The van der Waals surface area contributed by atoms with Crippen molar-refractivity contribution in [3.63, 3.8) is 0 Å². The fourth-order valence-corrected chi connectivity index (χ4v) is 1.18. The van der Waals surface area contributed by atoms with E-state index in [1.165, 1.54) is 0 Å². The normalized spacial score (nSPS) is 10.4. The molecule has 3 nitrogen and oxygen atoms in total. The van der Waals surface area contributed by atoms with Gasteiger partial charge in [-0.25, -0.2) is 9.37 Å². The lowest BCUT2D eigenvalue weighted by atomic mass is 10.3. The fourth-order valence-electron chi connectivity index (χ4n) is 1.18. The maximum atomic E-state index is 12.0. The number of para-hydroxylation sites is 1. The van der Waals surface area contributed by atoms with Gasteiger partial charge in [0.05, 0.1) is 17.5 Å². The van der Waals surface area contributed by atoms with Crippen LogP contribution in [0, 0.1) is 0 Å². The zero-order valence-corrected chi connectivity index (χ0v) is 6.34. The van der Waals surface area contributed by atoms with Crippen LogP contribution in [0.1, 0.15) is 0 Å². The highest BCUT2D eigenvalue weighted by atomic mass is 19.1. The van der Waals surface area contributed by atoms with Crippen LogP contribution in [0.4, 0.5) is 10.1 Å². The van der Waals surface area contributed by atoms with Crippen molar-refractivity contribution in [3.8, 4) is 0 Å². The molecule has 0 spiro atoms. The van der Waals surface area contributed by atoms with Crippen molar-refractivity contribution in [2.75, 3.05) is 12.1 Å². The minimum Gasteiger partial charge on any atom is -0.357 e. The number of aromatic nitrogens is 2. The summed E-state index contributed by atoms with van der Waals surface area (Å²) in [5, 5.41) is 2.59. The second kappa shape index (κ2) is 2.81. The summed E-state index contributed by atoms with van der Waals surface area (Å²) in [4.78, 5) is 7.00. The molecule has 0 saturated heterocycles. The Balaban J connectivity index is 2.57. The largest absolute Gasteiger partial charge is 0.357 e. The average molecular weight is 165 g/mol. The molecule has 2 N–H and O–H groups in total. The van der Waals surface area contributed by atoms with E-state index in [1.54, 1.807) is 12.4 Å². The van der Waals surface area contributed by atoms with Crippen molar-refractivity contribution in [2.45, 2.75) is 0 Å². The smallest absolute Gasteiger partial charge is 0.159 e. The lowest BCUT2D eigenvalue weighted by Crippen LogP contribution is -1.95. The van der Waals surface area contributed by atoms with Crippen LogP contribution in [0.15, 0.2) is 24.5 Å². The molecule has 0 saturated carbocycles. The summed E-state index contributed by atoms with van der Waals surface area (Å²) in [6.45, 7) is -0.577. The number of aromatic amines is 1. The number of H-pyrrole nitrogens is 1. The summed E-state index contributed by atoms with van der Waals surface area (Å²) in [6.07, 6.45) is 1.59. The number of benzene rings is 1. The van der Waals surface area contributed by atoms with E-state index in [-0.39, 0.29) is 0 Å². The van der Waals surface area contributed by atoms with Gasteiger partial charge in [-0.2, -0.15) is 0 Å². The van der Waals surface area contributed by atoms with Gasteiger partial charge in [0.1, 0.15) is 5.52 Å². The number of nitrogens with one attached hydrogen (secondary N) is 2. The lowest BCUT2D eigenvalue weighted by molar-refractivity contribution is 0.537. The molecule has 12 heavy (non-hydrogen) atoms. The van der Waals surface area contributed by atoms with E-state index in [0.717, 1.165) is 16.7 Å². The molecule has 0 radical (unpaired) electrons. The molecule has 1 aromatic heterocycles. The van der Waals surface area contributed by atoms with Gasteiger partial charge in [0.15, 0.2) is 6.80 Å². The first-order valence-electron chi connectivity index (χ1n) is 3.64. The average Bonchev–Trinajstić information content (AvgIpc) is 2.53. The predicted octanol–water partition coefficient (Wildman–Crippen LogP) is 1.90. The van der Waals surface area contributed by atoms with Crippen LogP contribution in [0.3, 0.4) is 0 Å². The van der Waals surface area contributed by atoms with E-state index in [2.05, 4.69) is 15.3 Å². The van der Waals surface area contributed by atoms with Crippen LogP contribution >= 0.6 is 0 Å². The van der Waals surface area contributed by atoms with Crippen molar-refractivity contribution in [1.82, 2.24) is 9.97 Å². The number of nitrogens with zero attached hydrogens (tertiary/aromatic N) is 1. The van der Waals surface area contributed by atoms with Crippen LogP contribution in [0.5, 0.6) is 0 Å². The monoisotopic (exact) mass is 165 g/mol. The number of hydrogen-bond donors (Lipinski definition) is 2. The quantitative estimate of drug-likeness (QED) is 0.667. The number of hydrogen-bond acceptors (Lipinski definition) is 2. The van der Waals surface area contributed by atoms with Crippen molar-refractivity contribution in [3.05, 3.63) is 24.5 Å². The van der Waals surface area contributed by atoms with Crippen molar-refractivity contribution >= 4 is 16.7 Å². The zero-order chi connectivity index (χ0) is 8.39. The molecule has 4 heteroatoms. The first-order chi connectivity index (χ1) is 5.92. The maximum absolute atomic E-state index is 12.0. The number of anilines is 1. The molecule has 0 aliphatic rings. The summed E-state index contributed by atoms with van der Waals surface area (Å²) < 4.78 is 12.0. The van der Waals surface area contributed by atoms with Crippen LogP contribution in [0.25, 0.3) is 11.0 Å². The molecule has 2 aromatic rings. The molecule has 0 bridgehead atoms. The number of rotatable bonds is 2. The molecule has 62 valence electrons. The Bertz CT molecular complexity index is 382. The molecule has 0 aliphatic heterocycles. The van der Waals surface area contributed by atoms with Gasteiger partial charge in [0.2, 0.25) is 0 Å². The Hall–Kier alpha value is -1.58. The highest BCUT2D eigenvalue weighted by molar-refractivity contribution is 5.87. The first kappa shape index (κ1) is 7.09. The van der Waals surface area contributed by atoms with Gasteiger partial charge in [0, 0.05) is 0 Å². The van der Waals surface area contributed by atoms with Gasteiger partial charge in [-0.15, -0.1) is 0 Å². The second-order valence-electron chi connectivity index (χ2n) is 2.41. The number of fused-ring (bicyclic) bond motifs is 1. The Kier molecular flexibility index (Phi) is 1.66. The van der Waals surface area contributed by atoms with E-state index in [4.69, 9.17) is 0 Å². The van der Waals surface area contributed by atoms with Gasteiger partial charge in [0.25, 0.3) is 0 Å². The topological polar surface area (TPSA) is 40.7 Å². The molecular weight excluding hydrogens is 157 g/mol. The van der Waals surface area contributed by atoms with Gasteiger partial charge in [-0.3, -0.25) is 0 Å². The van der Waals surface area contributed by atoms with Crippen molar-refractivity contribution in [1.29, 1.82) is 0 Å². The minimum absolute atomic E-state index is 0.577. The van der Waals surface area contributed by atoms with Gasteiger partial charge in [-0.1, -0.05) is 6.07 Å². The summed E-state index contributed by atoms with van der Waals surface area (Å²) >= 11 is 0. The predicted molar refractivity (Wildman–Crippen MR) is 45.7 cm³/mol. The first-order valence-corrected chi connectivity index (χ1v) is 3.64. The van der Waals surface area contributed by atoms with Gasteiger partial charge < -0.3 is 10.3 Å². The Labute approximate surface area is 68.6 Å². The summed E-state index contributed by atoms with van der Waals surface area (Å²) in [5.41, 5.74) is 2.40. The molecule has 1 aromatic carbocycles. The summed E-state index contributed by atoms with van der Waals surface area (Å²) in [6, 6.07) is 5.53. The lowest BCUT2D eigenvalue weighted by Gasteiger charge is -2.00. The van der Waals surface area contributed by atoms with Gasteiger partial charge in [-0.05, 0) is 12.1 Å². The molecule has 2 rings (SSSR count). The van der Waals surface area contributed by atoms with E-state index >= 15 is 0 Å². The highest BCUT2D eigenvalue weighted by Crippen LogP contribution is 2.18. The van der Waals surface area contributed by atoms with E-state index < -0.39 is 6.80 Å². The highest BCUT2D eigenvalue weighted by Gasteiger charge is 2.00. The number of imidazole rings is 1. The summed E-state index contributed by atoms with van der Waals surface area (Å²) in [5.74, 6) is 0. The summed E-state index contributed by atoms with van der Waals surface area (Å²) in [7, 11) is 0. The van der Waals surface area contributed by atoms with E-state index in [9.17, 15) is 4.39 Å². The third-order valence-electron chi connectivity index (χ3n) is 1.71. The fraction of sp³-hybridized carbons (Fsp3) is 0.125. The molecule has 0 atom stereocenters. The molecular formula is C8H8FN3. The molecule has 0 amide bonds. The standard InChI is InChI=1S/C8H8FN3/c9-4-10-6-2-1-3-7-8(6)12-5-11-7/h1-3,5,10H,4H2,(H,11,12). The van der Waals surface area contributed by atoms with Crippen LogP contribution in [-0.2, 0) is 0 Å². The van der Waals surface area contributed by atoms with E-state index in [0.29, 0.717) is 0 Å². The SMILES string of the molecule is FCNc1cccc2[nH]cnc12. The minimum atomic E-state index is -0.577. The van der Waals surface area contributed by atoms with E-state index in [1.807, 2.05) is 12.1 Å². The van der Waals surface area contributed by atoms with Crippen LogP contribution in [0.2, 0.25) is 0 Å². The molecule has 0 aliphatic carbocycles. The third kappa shape index (κ3) is 1.01. The van der Waals surface area contributed by atoms with Crippen molar-refractivity contribution < 1.29 is 4.39 Å². The second-order valence-corrected chi connectivity index (χ2v) is 2.41. The molecule has 0 fully saturated rings. The maximum Gasteiger partial charge on any atom is 0.159 e. The van der Waals surface area contributed by atoms with Gasteiger partial charge >= 0.3 is 0 Å². The third-order valence-corrected chi connectivity index (χ3v) is 1.71. The van der Waals surface area contributed by atoms with Crippen molar-refractivity contribution in [2.24, 2.45) is 0 Å². The number of halogens is 1. The Morgan fingerprint density at radius 1 is 1.50 bits per heavy atom.